The van der Waals surface area contributed by atoms with Crippen LogP contribution in [0, 0.1) is 0 Å². The van der Waals surface area contributed by atoms with E-state index < -0.39 is 60.6 Å². The van der Waals surface area contributed by atoms with Crippen molar-refractivity contribution in [3.05, 3.63) is 99.5 Å². The average Bonchev–Trinajstić information content (AvgIpc) is 3.02. The Hall–Kier alpha value is -4.81. The van der Waals surface area contributed by atoms with E-state index in [-0.39, 0.29) is 19.4 Å². The van der Waals surface area contributed by atoms with Gasteiger partial charge in [0.15, 0.2) is 0 Å². The van der Waals surface area contributed by atoms with Gasteiger partial charge in [-0.1, -0.05) is 71.7 Å². The number of amides is 4. The van der Waals surface area contributed by atoms with Crippen LogP contribution in [0.4, 0.5) is 4.79 Å². The van der Waals surface area contributed by atoms with Gasteiger partial charge in [0.05, 0.1) is 13.1 Å². The minimum atomic E-state index is -1.22. The fourth-order valence-corrected chi connectivity index (χ4v) is 4.78. The molecule has 5 N–H and O–H groups in total. The van der Waals surface area contributed by atoms with E-state index in [0.717, 1.165) is 5.56 Å². The number of hydrogen-bond acceptors (Lipinski definition) is 7. The predicted octanol–water partition coefficient (Wildman–Crippen LogP) is 4.05. The average molecular weight is 702 g/mol. The molecule has 256 valence electrons. The van der Waals surface area contributed by atoms with Gasteiger partial charge in [0.25, 0.3) is 0 Å². The van der Waals surface area contributed by atoms with Crippen molar-refractivity contribution in [1.82, 2.24) is 21.3 Å². The first-order valence-electron chi connectivity index (χ1n) is 14.9. The Morgan fingerprint density at radius 3 is 1.92 bits per heavy atom. The number of ether oxygens (including phenoxy) is 2. The molecule has 3 rings (SSSR count). The lowest BCUT2D eigenvalue weighted by molar-refractivity contribution is -0.141. The van der Waals surface area contributed by atoms with Crippen LogP contribution in [0.2, 0.25) is 10.0 Å². The molecular formula is C34H38Cl2N4O8. The Labute approximate surface area is 288 Å². The molecule has 12 nitrogen and oxygen atoms in total. The number of alkyl carbamates (subject to hydrolysis) is 1. The molecule has 0 bridgehead atoms. The van der Waals surface area contributed by atoms with Gasteiger partial charge in [0.1, 0.15) is 30.0 Å². The van der Waals surface area contributed by atoms with Gasteiger partial charge >= 0.3 is 12.1 Å². The van der Waals surface area contributed by atoms with E-state index in [2.05, 4.69) is 21.3 Å². The standard InChI is InChI=1S/C34H38Cl2N4O8/c1-34(2,3)48-33(46)40-27(16-22-12-14-23(15-13-22)47-20-24-25(35)10-7-11-26(24)36)31(43)38-18-29(41)37-19-30(42)39-28(32(44)45)17-21-8-5-4-6-9-21/h4-15,27-28H,16-20H2,1-3H3,(H,37,41)(H,38,43)(H,39,42)(H,40,46)(H,44,45)/t27-,28-/m0/s1. The normalized spacial score (nSPS) is 12.2. The summed E-state index contributed by atoms with van der Waals surface area (Å²) in [4.78, 5) is 62.1. The molecular weight excluding hydrogens is 663 g/mol. The van der Waals surface area contributed by atoms with Crippen LogP contribution in [0.15, 0.2) is 72.8 Å². The van der Waals surface area contributed by atoms with Gasteiger partial charge in [-0.2, -0.15) is 0 Å². The zero-order chi connectivity index (χ0) is 35.3. The quantitative estimate of drug-likeness (QED) is 0.158. The summed E-state index contributed by atoms with van der Waals surface area (Å²) in [5, 5.41) is 20.1. The fourth-order valence-electron chi connectivity index (χ4n) is 4.27. The number of benzene rings is 3. The lowest BCUT2D eigenvalue weighted by Gasteiger charge is -2.23. The monoisotopic (exact) mass is 700 g/mol. The van der Waals surface area contributed by atoms with E-state index in [0.29, 0.717) is 26.9 Å². The van der Waals surface area contributed by atoms with Crippen molar-refractivity contribution in [2.75, 3.05) is 13.1 Å². The summed E-state index contributed by atoms with van der Waals surface area (Å²) >= 11 is 12.4. The SMILES string of the molecule is CC(C)(C)OC(=O)N[C@@H](Cc1ccc(OCc2c(Cl)cccc2Cl)cc1)C(=O)NCC(=O)NCC(=O)N[C@@H](Cc1ccccc1)C(=O)O. The minimum Gasteiger partial charge on any atom is -0.489 e. The third-order valence-electron chi connectivity index (χ3n) is 6.60. The van der Waals surface area contributed by atoms with Crippen molar-refractivity contribution in [2.45, 2.75) is 57.9 Å². The molecule has 0 aliphatic carbocycles. The molecule has 48 heavy (non-hydrogen) atoms. The molecule has 0 aliphatic heterocycles. The molecule has 0 radical (unpaired) electrons. The minimum absolute atomic E-state index is 0.0454. The number of hydrogen-bond donors (Lipinski definition) is 5. The Bertz CT molecular complexity index is 1560. The molecule has 2 atom stereocenters. The molecule has 3 aromatic carbocycles. The second kappa shape index (κ2) is 17.9. The van der Waals surface area contributed by atoms with Gasteiger partial charge in [0, 0.05) is 28.5 Å². The van der Waals surface area contributed by atoms with Gasteiger partial charge in [-0.25, -0.2) is 9.59 Å². The summed E-state index contributed by atoms with van der Waals surface area (Å²) in [5.74, 6) is -2.80. The molecule has 0 spiro atoms. The topological polar surface area (TPSA) is 172 Å². The molecule has 0 aromatic heterocycles. The number of carbonyl (C=O) groups excluding carboxylic acids is 4. The first-order valence-corrected chi connectivity index (χ1v) is 15.7. The van der Waals surface area contributed by atoms with E-state index in [9.17, 15) is 29.1 Å². The highest BCUT2D eigenvalue weighted by Crippen LogP contribution is 2.26. The molecule has 3 aromatic rings. The number of rotatable bonds is 15. The van der Waals surface area contributed by atoms with Crippen molar-refractivity contribution in [3.63, 3.8) is 0 Å². The fraction of sp³-hybridized carbons (Fsp3) is 0.324. The highest BCUT2D eigenvalue weighted by molar-refractivity contribution is 6.35. The van der Waals surface area contributed by atoms with Crippen LogP contribution in [0.25, 0.3) is 0 Å². The molecule has 0 saturated heterocycles. The maximum atomic E-state index is 13.1. The van der Waals surface area contributed by atoms with Crippen molar-refractivity contribution >= 4 is 53.0 Å². The predicted molar refractivity (Wildman–Crippen MR) is 180 cm³/mol. The second-order valence-corrected chi connectivity index (χ2v) is 12.5. The number of aliphatic carboxylic acids is 1. The molecule has 14 heteroatoms. The van der Waals surface area contributed by atoms with E-state index in [4.69, 9.17) is 32.7 Å². The summed E-state index contributed by atoms with van der Waals surface area (Å²) in [6, 6.07) is 18.4. The summed E-state index contributed by atoms with van der Waals surface area (Å²) in [6.45, 7) is 4.15. The zero-order valence-electron chi connectivity index (χ0n) is 26.7. The van der Waals surface area contributed by atoms with Crippen LogP contribution in [-0.4, -0.2) is 65.7 Å². The number of carbonyl (C=O) groups is 5. The largest absolute Gasteiger partial charge is 0.489 e. The molecule has 0 aliphatic rings. The van der Waals surface area contributed by atoms with Crippen molar-refractivity contribution in [3.8, 4) is 5.75 Å². The molecule has 4 amide bonds. The molecule has 0 heterocycles. The summed E-state index contributed by atoms with van der Waals surface area (Å²) in [5.41, 5.74) is 1.20. The van der Waals surface area contributed by atoms with Gasteiger partial charge < -0.3 is 35.8 Å². The maximum absolute atomic E-state index is 13.1. The first kappa shape index (κ1) is 37.6. The summed E-state index contributed by atoms with van der Waals surface area (Å²) in [6.07, 6.45) is -0.724. The smallest absolute Gasteiger partial charge is 0.408 e. The van der Waals surface area contributed by atoms with Gasteiger partial charge in [-0.05, 0) is 56.2 Å². The van der Waals surface area contributed by atoms with Crippen LogP contribution < -0.4 is 26.0 Å². The lowest BCUT2D eigenvalue weighted by Crippen LogP contribution is -2.52. The number of carboxylic acids is 1. The Morgan fingerprint density at radius 2 is 1.31 bits per heavy atom. The Morgan fingerprint density at radius 1 is 0.729 bits per heavy atom. The van der Waals surface area contributed by atoms with Gasteiger partial charge in [0.2, 0.25) is 17.7 Å². The third-order valence-corrected chi connectivity index (χ3v) is 7.31. The van der Waals surface area contributed by atoms with Crippen LogP contribution in [0.5, 0.6) is 5.75 Å². The van der Waals surface area contributed by atoms with Crippen molar-refractivity contribution in [2.24, 2.45) is 0 Å². The Kier molecular flexibility index (Phi) is 14.1. The van der Waals surface area contributed by atoms with Crippen LogP contribution in [-0.2, 0) is 43.4 Å². The van der Waals surface area contributed by atoms with Crippen molar-refractivity contribution in [1.29, 1.82) is 0 Å². The summed E-state index contributed by atoms with van der Waals surface area (Å²) in [7, 11) is 0. The highest BCUT2D eigenvalue weighted by atomic mass is 35.5. The third kappa shape index (κ3) is 13.1. The van der Waals surface area contributed by atoms with Gasteiger partial charge in [-0.15, -0.1) is 0 Å². The van der Waals surface area contributed by atoms with Crippen LogP contribution >= 0.6 is 23.2 Å². The van der Waals surface area contributed by atoms with Crippen LogP contribution in [0.3, 0.4) is 0 Å². The zero-order valence-corrected chi connectivity index (χ0v) is 28.2. The number of carboxylic acid groups (broad SMARTS) is 1. The highest BCUT2D eigenvalue weighted by Gasteiger charge is 2.26. The lowest BCUT2D eigenvalue weighted by atomic mass is 10.1. The molecule has 0 unspecified atom stereocenters. The maximum Gasteiger partial charge on any atom is 0.408 e. The number of nitrogens with one attached hydrogen (secondary N) is 4. The van der Waals surface area contributed by atoms with Gasteiger partial charge in [-0.3, -0.25) is 14.4 Å². The molecule has 0 saturated carbocycles. The first-order chi connectivity index (χ1) is 22.7. The second-order valence-electron chi connectivity index (χ2n) is 11.7. The summed E-state index contributed by atoms with van der Waals surface area (Å²) < 4.78 is 11.1. The number of halogens is 2. The van der Waals surface area contributed by atoms with E-state index in [1.165, 1.54) is 0 Å². The van der Waals surface area contributed by atoms with E-state index >= 15 is 0 Å². The Balaban J connectivity index is 1.55. The van der Waals surface area contributed by atoms with Crippen LogP contribution in [0.1, 0.15) is 37.5 Å². The molecule has 0 fully saturated rings. The van der Waals surface area contributed by atoms with Crippen molar-refractivity contribution < 1.29 is 38.6 Å². The van der Waals surface area contributed by atoms with E-state index in [1.54, 1.807) is 93.6 Å². The van der Waals surface area contributed by atoms with E-state index in [1.807, 2.05) is 0 Å².